The highest BCUT2D eigenvalue weighted by atomic mass is 15.1. The second kappa shape index (κ2) is 5.55. The van der Waals surface area contributed by atoms with E-state index in [0.717, 1.165) is 12.5 Å². The lowest BCUT2D eigenvalue weighted by atomic mass is 10.4. The number of likely N-dealkylation sites (N-methyl/N-ethyl adjacent to an activating group) is 1. The van der Waals surface area contributed by atoms with Crippen LogP contribution in [0.1, 0.15) is 26.7 Å². The zero-order valence-corrected chi connectivity index (χ0v) is 8.47. The van der Waals surface area contributed by atoms with Crippen LogP contribution in [-0.2, 0) is 0 Å². The largest absolute Gasteiger partial charge is 0.315 e. The molecule has 0 atom stereocenters. The van der Waals surface area contributed by atoms with Crippen molar-refractivity contribution in [1.29, 1.82) is 0 Å². The molecule has 12 heavy (non-hydrogen) atoms. The molecule has 0 radical (unpaired) electrons. The Balaban J connectivity index is 1.85. The number of hydrogen-bond acceptors (Lipinski definition) is 2. The molecule has 1 rings (SSSR count). The molecule has 2 heteroatoms. The summed E-state index contributed by atoms with van der Waals surface area (Å²) in [6, 6.07) is 0. The second-order valence-corrected chi connectivity index (χ2v) is 3.67. The van der Waals surface area contributed by atoms with Crippen molar-refractivity contribution >= 4 is 0 Å². The molecule has 0 aromatic carbocycles. The maximum absolute atomic E-state index is 3.50. The van der Waals surface area contributed by atoms with Gasteiger partial charge in [-0.3, -0.25) is 0 Å². The number of hydrogen-bond donors (Lipinski definition) is 1. The van der Waals surface area contributed by atoms with Gasteiger partial charge in [0.25, 0.3) is 0 Å². The fraction of sp³-hybridized carbons (Fsp3) is 1.00. The van der Waals surface area contributed by atoms with E-state index >= 15 is 0 Å². The summed E-state index contributed by atoms with van der Waals surface area (Å²) in [5.74, 6) is 1.02. The highest BCUT2D eigenvalue weighted by Gasteiger charge is 2.19. The van der Waals surface area contributed by atoms with Crippen LogP contribution in [0.3, 0.4) is 0 Å². The van der Waals surface area contributed by atoms with Crippen molar-refractivity contribution in [2.45, 2.75) is 26.7 Å². The molecular formula is C10H22N2. The Bertz CT molecular complexity index is 106. The molecule has 0 aliphatic heterocycles. The van der Waals surface area contributed by atoms with E-state index in [-0.39, 0.29) is 0 Å². The Kier molecular flexibility index (Phi) is 4.62. The molecule has 1 aliphatic rings. The summed E-state index contributed by atoms with van der Waals surface area (Å²) < 4.78 is 0. The average molecular weight is 170 g/mol. The molecule has 1 saturated carbocycles. The van der Waals surface area contributed by atoms with Gasteiger partial charge in [-0.05, 0) is 38.4 Å². The number of rotatable bonds is 7. The van der Waals surface area contributed by atoms with Gasteiger partial charge >= 0.3 is 0 Å². The van der Waals surface area contributed by atoms with Crippen molar-refractivity contribution in [2.24, 2.45) is 5.92 Å². The number of nitrogens with one attached hydrogen (secondary N) is 1. The van der Waals surface area contributed by atoms with Gasteiger partial charge in [0.05, 0.1) is 0 Å². The predicted molar refractivity (Wildman–Crippen MR) is 53.4 cm³/mol. The van der Waals surface area contributed by atoms with Crippen LogP contribution in [-0.4, -0.2) is 37.6 Å². The fourth-order valence-corrected chi connectivity index (χ4v) is 1.41. The molecule has 0 amide bonds. The minimum absolute atomic E-state index is 1.02. The average Bonchev–Trinajstić information content (AvgIpc) is 2.89. The van der Waals surface area contributed by atoms with Crippen LogP contribution in [0, 0.1) is 5.92 Å². The van der Waals surface area contributed by atoms with Crippen LogP contribution in [0.25, 0.3) is 0 Å². The van der Waals surface area contributed by atoms with E-state index in [1.807, 2.05) is 0 Å². The van der Waals surface area contributed by atoms with Gasteiger partial charge in [0.1, 0.15) is 0 Å². The van der Waals surface area contributed by atoms with Crippen LogP contribution in [0.4, 0.5) is 0 Å². The molecular weight excluding hydrogens is 148 g/mol. The van der Waals surface area contributed by atoms with Gasteiger partial charge in [0, 0.05) is 13.1 Å². The van der Waals surface area contributed by atoms with E-state index in [2.05, 4.69) is 24.1 Å². The first-order chi connectivity index (χ1) is 5.86. The first-order valence-corrected chi connectivity index (χ1v) is 5.29. The van der Waals surface area contributed by atoms with Gasteiger partial charge in [-0.15, -0.1) is 0 Å². The van der Waals surface area contributed by atoms with Gasteiger partial charge in [-0.25, -0.2) is 0 Å². The van der Waals surface area contributed by atoms with Crippen LogP contribution in [0.15, 0.2) is 0 Å². The second-order valence-electron chi connectivity index (χ2n) is 3.67. The fourth-order valence-electron chi connectivity index (χ4n) is 1.41. The van der Waals surface area contributed by atoms with E-state index in [4.69, 9.17) is 0 Å². The molecule has 72 valence electrons. The minimum Gasteiger partial charge on any atom is -0.315 e. The van der Waals surface area contributed by atoms with Gasteiger partial charge in [0.15, 0.2) is 0 Å². The third-order valence-corrected chi connectivity index (χ3v) is 2.63. The van der Waals surface area contributed by atoms with Crippen LogP contribution in [0.5, 0.6) is 0 Å². The third kappa shape index (κ3) is 4.07. The standard InChI is InChI=1S/C10H22N2/c1-3-12(4-2)8-7-11-9-10-5-6-10/h10-11H,3-9H2,1-2H3. The molecule has 0 unspecified atom stereocenters. The minimum atomic E-state index is 1.02. The molecule has 0 aromatic heterocycles. The lowest BCUT2D eigenvalue weighted by molar-refractivity contribution is 0.302. The zero-order valence-electron chi connectivity index (χ0n) is 8.47. The third-order valence-electron chi connectivity index (χ3n) is 2.63. The maximum atomic E-state index is 3.50. The van der Waals surface area contributed by atoms with E-state index < -0.39 is 0 Å². The molecule has 0 aromatic rings. The van der Waals surface area contributed by atoms with Crippen LogP contribution in [0.2, 0.25) is 0 Å². The molecule has 0 bridgehead atoms. The van der Waals surface area contributed by atoms with Crippen molar-refractivity contribution in [3.63, 3.8) is 0 Å². The van der Waals surface area contributed by atoms with Crippen molar-refractivity contribution in [3.8, 4) is 0 Å². The van der Waals surface area contributed by atoms with E-state index in [1.54, 1.807) is 0 Å². The predicted octanol–water partition coefficient (Wildman–Crippen LogP) is 1.33. The quantitative estimate of drug-likeness (QED) is 0.580. The molecule has 1 fully saturated rings. The highest BCUT2D eigenvalue weighted by molar-refractivity contribution is 4.75. The normalized spacial score (nSPS) is 17.2. The summed E-state index contributed by atoms with van der Waals surface area (Å²) >= 11 is 0. The summed E-state index contributed by atoms with van der Waals surface area (Å²) in [4.78, 5) is 2.46. The molecule has 1 N–H and O–H groups in total. The van der Waals surface area contributed by atoms with Crippen LogP contribution >= 0.6 is 0 Å². The lowest BCUT2D eigenvalue weighted by Crippen LogP contribution is -2.32. The van der Waals surface area contributed by atoms with Gasteiger partial charge in [-0.1, -0.05) is 13.8 Å². The van der Waals surface area contributed by atoms with Crippen molar-refractivity contribution < 1.29 is 0 Å². The summed E-state index contributed by atoms with van der Waals surface area (Å²) in [7, 11) is 0. The van der Waals surface area contributed by atoms with E-state index in [0.29, 0.717) is 0 Å². The van der Waals surface area contributed by atoms with E-state index in [1.165, 1.54) is 39.0 Å². The SMILES string of the molecule is CCN(CC)CCNCC1CC1. The summed E-state index contributed by atoms with van der Waals surface area (Å²) in [5.41, 5.74) is 0. The summed E-state index contributed by atoms with van der Waals surface area (Å²) in [5, 5.41) is 3.50. The summed E-state index contributed by atoms with van der Waals surface area (Å²) in [6.07, 6.45) is 2.91. The topological polar surface area (TPSA) is 15.3 Å². The van der Waals surface area contributed by atoms with Crippen molar-refractivity contribution in [1.82, 2.24) is 10.2 Å². The van der Waals surface area contributed by atoms with Crippen LogP contribution < -0.4 is 5.32 Å². The summed E-state index contributed by atoms with van der Waals surface area (Å²) in [6.45, 7) is 10.4. The molecule has 1 aliphatic carbocycles. The number of nitrogens with zero attached hydrogens (tertiary/aromatic N) is 1. The molecule has 0 spiro atoms. The Morgan fingerprint density at radius 1 is 1.25 bits per heavy atom. The maximum Gasteiger partial charge on any atom is 0.0107 e. The van der Waals surface area contributed by atoms with E-state index in [9.17, 15) is 0 Å². The Morgan fingerprint density at radius 2 is 1.92 bits per heavy atom. The Morgan fingerprint density at radius 3 is 2.42 bits per heavy atom. The Labute approximate surface area is 76.3 Å². The highest BCUT2D eigenvalue weighted by Crippen LogP contribution is 2.27. The zero-order chi connectivity index (χ0) is 8.81. The monoisotopic (exact) mass is 170 g/mol. The first kappa shape index (κ1) is 10.0. The molecule has 2 nitrogen and oxygen atoms in total. The molecule has 0 saturated heterocycles. The molecule has 0 heterocycles. The lowest BCUT2D eigenvalue weighted by Gasteiger charge is -2.17. The van der Waals surface area contributed by atoms with Gasteiger partial charge in [-0.2, -0.15) is 0 Å². The van der Waals surface area contributed by atoms with Crippen molar-refractivity contribution in [2.75, 3.05) is 32.7 Å². The Hall–Kier alpha value is -0.0800. The first-order valence-electron chi connectivity index (χ1n) is 5.29. The smallest absolute Gasteiger partial charge is 0.0107 e. The van der Waals surface area contributed by atoms with Gasteiger partial charge in [0.2, 0.25) is 0 Å². The van der Waals surface area contributed by atoms with Crippen molar-refractivity contribution in [3.05, 3.63) is 0 Å². The van der Waals surface area contributed by atoms with Gasteiger partial charge < -0.3 is 10.2 Å².